The third-order valence-corrected chi connectivity index (χ3v) is 4.72. The first-order chi connectivity index (χ1) is 7.98. The van der Waals surface area contributed by atoms with E-state index in [1.807, 2.05) is 0 Å². The van der Waals surface area contributed by atoms with Crippen LogP contribution in [0.4, 0.5) is 10.8 Å². The van der Waals surface area contributed by atoms with Gasteiger partial charge >= 0.3 is 0 Å². The molecule has 96 valence electrons. The summed E-state index contributed by atoms with van der Waals surface area (Å²) in [5, 5.41) is 3.62. The summed E-state index contributed by atoms with van der Waals surface area (Å²) >= 11 is 1.08. The van der Waals surface area contributed by atoms with Crippen LogP contribution in [-0.4, -0.2) is 38.8 Å². The van der Waals surface area contributed by atoms with E-state index in [1.54, 1.807) is 0 Å². The fourth-order valence-corrected chi connectivity index (χ4v) is 3.82. The Balaban J connectivity index is 2.10. The molecule has 0 radical (unpaired) electrons. The zero-order valence-corrected chi connectivity index (χ0v) is 11.1. The quantitative estimate of drug-likeness (QED) is 0.836. The van der Waals surface area contributed by atoms with Gasteiger partial charge in [0.05, 0.1) is 6.61 Å². The van der Waals surface area contributed by atoms with Gasteiger partial charge in [0.1, 0.15) is 9.90 Å². The Morgan fingerprint density at radius 2 is 2.41 bits per heavy atom. The lowest BCUT2D eigenvalue weighted by Gasteiger charge is -2.09. The van der Waals surface area contributed by atoms with Gasteiger partial charge in [0.15, 0.2) is 15.7 Å². The molecule has 0 bridgehead atoms. The van der Waals surface area contributed by atoms with Gasteiger partial charge in [0.2, 0.25) is 0 Å². The largest absolute Gasteiger partial charge is 0.382 e. The van der Waals surface area contributed by atoms with Gasteiger partial charge in [-0.1, -0.05) is 0 Å². The zero-order valence-electron chi connectivity index (χ0n) is 9.47. The first kappa shape index (κ1) is 12.6. The van der Waals surface area contributed by atoms with E-state index in [0.717, 1.165) is 37.4 Å². The van der Waals surface area contributed by atoms with E-state index in [1.165, 1.54) is 0 Å². The normalized spacial score (nSPS) is 20.6. The Morgan fingerprint density at radius 3 is 3.00 bits per heavy atom. The number of ether oxygens (including phenoxy) is 1. The molecule has 1 unspecified atom stereocenters. The summed E-state index contributed by atoms with van der Waals surface area (Å²) in [7, 11) is -3.34. The molecule has 1 aliphatic heterocycles. The van der Waals surface area contributed by atoms with Crippen LogP contribution in [0, 0.1) is 5.92 Å². The smallest absolute Gasteiger partial charge is 0.182 e. The summed E-state index contributed by atoms with van der Waals surface area (Å²) in [6.07, 6.45) is 2.13. The average Bonchev–Trinajstić information content (AvgIpc) is 2.82. The van der Waals surface area contributed by atoms with E-state index < -0.39 is 9.84 Å². The second-order valence-electron chi connectivity index (χ2n) is 4.11. The third kappa shape index (κ3) is 2.88. The van der Waals surface area contributed by atoms with E-state index in [4.69, 9.17) is 10.5 Å². The van der Waals surface area contributed by atoms with Crippen molar-refractivity contribution in [2.75, 3.05) is 37.1 Å². The predicted octanol–water partition coefficient (Wildman–Crippen LogP) is 0.577. The topological polar surface area (TPSA) is 94.3 Å². The van der Waals surface area contributed by atoms with Crippen LogP contribution in [0.3, 0.4) is 0 Å². The summed E-state index contributed by atoms with van der Waals surface area (Å²) in [6, 6.07) is 0. The van der Waals surface area contributed by atoms with Crippen molar-refractivity contribution in [2.24, 2.45) is 5.92 Å². The molecule has 2 heterocycles. The molecule has 0 aliphatic carbocycles. The Morgan fingerprint density at radius 1 is 1.65 bits per heavy atom. The van der Waals surface area contributed by atoms with Gasteiger partial charge in [-0.2, -0.15) is 4.37 Å². The van der Waals surface area contributed by atoms with Gasteiger partial charge in [0.25, 0.3) is 0 Å². The number of aromatic nitrogens is 1. The average molecular weight is 277 g/mol. The molecule has 0 amide bonds. The van der Waals surface area contributed by atoms with Crippen LogP contribution < -0.4 is 11.1 Å². The van der Waals surface area contributed by atoms with Crippen molar-refractivity contribution >= 4 is 32.2 Å². The maximum atomic E-state index is 11.6. The zero-order chi connectivity index (χ0) is 12.5. The Bertz CT molecular complexity index is 492. The first-order valence-electron chi connectivity index (χ1n) is 5.25. The highest BCUT2D eigenvalue weighted by Gasteiger charge is 2.22. The van der Waals surface area contributed by atoms with Gasteiger partial charge < -0.3 is 15.8 Å². The molecule has 8 heteroatoms. The molecule has 1 fully saturated rings. The van der Waals surface area contributed by atoms with Crippen molar-refractivity contribution in [3.05, 3.63) is 0 Å². The SMILES string of the molecule is CS(=O)(=O)c1c(N)nsc1NCC1CCOC1. The summed E-state index contributed by atoms with van der Waals surface area (Å²) in [6.45, 7) is 2.18. The molecular weight excluding hydrogens is 262 g/mol. The molecule has 1 aliphatic rings. The summed E-state index contributed by atoms with van der Waals surface area (Å²) in [5.74, 6) is 0.494. The van der Waals surface area contributed by atoms with E-state index >= 15 is 0 Å². The Labute approximate surface area is 104 Å². The lowest BCUT2D eigenvalue weighted by atomic mass is 10.1. The van der Waals surface area contributed by atoms with Crippen LogP contribution in [-0.2, 0) is 14.6 Å². The second kappa shape index (κ2) is 4.79. The maximum Gasteiger partial charge on any atom is 0.182 e. The first-order valence-corrected chi connectivity index (χ1v) is 7.92. The van der Waals surface area contributed by atoms with Crippen LogP contribution in [0.5, 0.6) is 0 Å². The number of rotatable bonds is 4. The summed E-state index contributed by atoms with van der Waals surface area (Å²) < 4.78 is 32.2. The predicted molar refractivity (Wildman–Crippen MR) is 67.1 cm³/mol. The molecule has 1 atom stereocenters. The van der Waals surface area contributed by atoms with Crippen molar-refractivity contribution in [1.82, 2.24) is 4.37 Å². The number of nitrogen functional groups attached to an aromatic ring is 1. The van der Waals surface area contributed by atoms with Gasteiger partial charge in [-0.15, -0.1) is 0 Å². The number of sulfone groups is 1. The lowest BCUT2D eigenvalue weighted by Crippen LogP contribution is -2.15. The molecule has 3 N–H and O–H groups in total. The number of nitrogens with one attached hydrogen (secondary N) is 1. The van der Waals surface area contributed by atoms with Gasteiger partial charge in [0, 0.05) is 25.3 Å². The minimum absolute atomic E-state index is 0.0719. The van der Waals surface area contributed by atoms with E-state index in [0.29, 0.717) is 17.5 Å². The van der Waals surface area contributed by atoms with Crippen molar-refractivity contribution in [3.8, 4) is 0 Å². The van der Waals surface area contributed by atoms with Crippen LogP contribution in [0.25, 0.3) is 0 Å². The molecule has 17 heavy (non-hydrogen) atoms. The number of nitrogens with two attached hydrogens (primary N) is 1. The van der Waals surface area contributed by atoms with Crippen molar-refractivity contribution in [1.29, 1.82) is 0 Å². The highest BCUT2D eigenvalue weighted by atomic mass is 32.2. The van der Waals surface area contributed by atoms with Crippen molar-refractivity contribution in [3.63, 3.8) is 0 Å². The van der Waals surface area contributed by atoms with E-state index in [-0.39, 0.29) is 10.7 Å². The molecule has 1 aromatic rings. The monoisotopic (exact) mass is 277 g/mol. The minimum Gasteiger partial charge on any atom is -0.382 e. The molecule has 0 aromatic carbocycles. The van der Waals surface area contributed by atoms with Crippen LogP contribution in [0.2, 0.25) is 0 Å². The van der Waals surface area contributed by atoms with Crippen molar-refractivity contribution in [2.45, 2.75) is 11.3 Å². The minimum atomic E-state index is -3.34. The second-order valence-corrected chi connectivity index (χ2v) is 6.83. The van der Waals surface area contributed by atoms with E-state index in [2.05, 4.69) is 9.69 Å². The van der Waals surface area contributed by atoms with Gasteiger partial charge in [-0.25, -0.2) is 8.42 Å². The highest BCUT2D eigenvalue weighted by molar-refractivity contribution is 7.91. The number of nitrogens with zero attached hydrogens (tertiary/aromatic N) is 1. The van der Waals surface area contributed by atoms with Crippen LogP contribution >= 0.6 is 11.5 Å². The maximum absolute atomic E-state index is 11.6. The van der Waals surface area contributed by atoms with Crippen molar-refractivity contribution < 1.29 is 13.2 Å². The van der Waals surface area contributed by atoms with Crippen LogP contribution in [0.15, 0.2) is 4.90 Å². The number of anilines is 2. The van der Waals surface area contributed by atoms with Gasteiger partial charge in [-0.05, 0) is 18.0 Å². The summed E-state index contributed by atoms with van der Waals surface area (Å²) in [4.78, 5) is 0.112. The molecule has 6 nitrogen and oxygen atoms in total. The fraction of sp³-hybridized carbons (Fsp3) is 0.667. The van der Waals surface area contributed by atoms with Gasteiger partial charge in [-0.3, -0.25) is 0 Å². The number of hydrogen-bond acceptors (Lipinski definition) is 7. The standard InChI is InChI=1S/C9H15N3O3S2/c1-17(13,14)7-8(10)12-16-9(7)11-4-6-2-3-15-5-6/h6,11H,2-5H2,1H3,(H2,10,12). The molecule has 1 aromatic heterocycles. The van der Waals surface area contributed by atoms with Crippen LogP contribution in [0.1, 0.15) is 6.42 Å². The molecule has 0 spiro atoms. The Hall–Kier alpha value is -0.860. The van der Waals surface area contributed by atoms with E-state index in [9.17, 15) is 8.42 Å². The third-order valence-electron chi connectivity index (χ3n) is 2.62. The lowest BCUT2D eigenvalue weighted by molar-refractivity contribution is 0.187. The highest BCUT2D eigenvalue weighted by Crippen LogP contribution is 2.31. The number of hydrogen-bond donors (Lipinski definition) is 2. The molecule has 2 rings (SSSR count). The molecule has 0 saturated carbocycles. The summed E-state index contributed by atoms with van der Waals surface area (Å²) in [5.41, 5.74) is 5.57. The fourth-order valence-electron chi connectivity index (χ4n) is 1.75. The Kier molecular flexibility index (Phi) is 3.55. The molecular formula is C9H15N3O3S2. The molecule has 1 saturated heterocycles.